The molecule has 0 unspecified atom stereocenters. The second kappa shape index (κ2) is 9.46. The molecule has 10 heteroatoms. The fourth-order valence-corrected chi connectivity index (χ4v) is 4.30. The minimum absolute atomic E-state index is 0.0416. The lowest BCUT2D eigenvalue weighted by atomic mass is 9.90. The van der Waals surface area contributed by atoms with Gasteiger partial charge in [-0.2, -0.15) is 5.10 Å². The lowest BCUT2D eigenvalue weighted by molar-refractivity contribution is -0.115. The Morgan fingerprint density at radius 3 is 2.55 bits per heavy atom. The first-order valence-electron chi connectivity index (χ1n) is 10.1. The quantitative estimate of drug-likeness (QED) is 0.515. The Bertz CT molecular complexity index is 1320. The Morgan fingerprint density at radius 2 is 1.94 bits per heavy atom. The molecule has 174 valence electrons. The van der Waals surface area contributed by atoms with Gasteiger partial charge in [-0.15, -0.1) is 0 Å². The van der Waals surface area contributed by atoms with Crippen molar-refractivity contribution in [1.82, 2.24) is 9.78 Å². The number of rotatable bonds is 6. The Balaban J connectivity index is 1.99. The first-order chi connectivity index (χ1) is 15.4. The number of halogens is 1. The maximum Gasteiger partial charge on any atom is 0.240 e. The zero-order chi connectivity index (χ0) is 24.4. The summed E-state index contributed by atoms with van der Waals surface area (Å²) in [6.45, 7) is 6.01. The van der Waals surface area contributed by atoms with Crippen LogP contribution < -0.4 is 10.5 Å². The molecule has 0 radical (unpaired) electrons. The Kier molecular flexibility index (Phi) is 7.06. The van der Waals surface area contributed by atoms with Crippen LogP contribution in [-0.4, -0.2) is 37.4 Å². The molecule has 8 nitrogen and oxygen atoms in total. The molecule has 2 aromatic carbocycles. The summed E-state index contributed by atoms with van der Waals surface area (Å²) in [5, 5.41) is 13.3. The average molecular weight is 488 g/mol. The van der Waals surface area contributed by atoms with E-state index in [1.54, 1.807) is 55.9 Å². The predicted octanol–water partition coefficient (Wildman–Crippen LogP) is 3.70. The maximum atomic E-state index is 12.5. The summed E-state index contributed by atoms with van der Waals surface area (Å²) < 4.78 is 26.3. The number of anilines is 1. The van der Waals surface area contributed by atoms with E-state index in [1.807, 2.05) is 20.8 Å². The molecule has 0 atom stereocenters. The summed E-state index contributed by atoms with van der Waals surface area (Å²) >= 11 is 6.12. The molecule has 1 aromatic heterocycles. The predicted molar refractivity (Wildman–Crippen MR) is 131 cm³/mol. The first kappa shape index (κ1) is 24.6. The molecule has 0 saturated carbocycles. The van der Waals surface area contributed by atoms with Crippen LogP contribution in [0.4, 0.5) is 5.69 Å². The highest BCUT2D eigenvalue weighted by molar-refractivity contribution is 7.89. The standard InChI is InChI=1S/C23H26ClN5O3S/c1-23(2,3)22-16(13-26-4)14-29(28-22)19-10-9-17(12-20(19)33(25,31)32)27-21(30)11-15-7-5-6-8-18(15)24/h5-10,12-14H,11H2,1-4H3,(H,27,30)(H2,25,31,32). The fourth-order valence-electron chi connectivity index (χ4n) is 3.36. The van der Waals surface area contributed by atoms with Crippen LogP contribution in [0.3, 0.4) is 0 Å². The molecule has 0 aliphatic heterocycles. The number of aliphatic imine (C=N–C) groups is 1. The minimum Gasteiger partial charge on any atom is -0.326 e. The summed E-state index contributed by atoms with van der Waals surface area (Å²) in [5.74, 6) is -0.341. The highest BCUT2D eigenvalue weighted by Gasteiger charge is 2.24. The van der Waals surface area contributed by atoms with Crippen molar-refractivity contribution < 1.29 is 13.2 Å². The molecular formula is C23H26ClN5O3S. The van der Waals surface area contributed by atoms with Gasteiger partial charge in [0.1, 0.15) is 4.90 Å². The molecule has 0 aliphatic rings. The minimum atomic E-state index is -4.12. The van der Waals surface area contributed by atoms with Crippen molar-refractivity contribution in [1.29, 1.82) is 0 Å². The van der Waals surface area contributed by atoms with Gasteiger partial charge in [0.25, 0.3) is 0 Å². The van der Waals surface area contributed by atoms with E-state index in [0.717, 1.165) is 11.3 Å². The summed E-state index contributed by atoms with van der Waals surface area (Å²) in [7, 11) is -2.47. The van der Waals surface area contributed by atoms with Crippen molar-refractivity contribution in [2.45, 2.75) is 37.5 Å². The molecule has 1 heterocycles. The molecule has 33 heavy (non-hydrogen) atoms. The smallest absolute Gasteiger partial charge is 0.240 e. The number of amides is 1. The Hall–Kier alpha value is -3.01. The van der Waals surface area contributed by atoms with Gasteiger partial charge >= 0.3 is 0 Å². The summed E-state index contributed by atoms with van der Waals surface area (Å²) in [6.07, 6.45) is 3.41. The summed E-state index contributed by atoms with van der Waals surface area (Å²) in [6, 6.07) is 11.5. The molecule has 3 N–H and O–H groups in total. The topological polar surface area (TPSA) is 119 Å². The lowest BCUT2D eigenvalue weighted by Gasteiger charge is -2.16. The number of hydrogen-bond acceptors (Lipinski definition) is 5. The zero-order valence-corrected chi connectivity index (χ0v) is 20.4. The summed E-state index contributed by atoms with van der Waals surface area (Å²) in [4.78, 5) is 16.4. The number of carbonyl (C=O) groups excluding carboxylic acids is 1. The molecule has 0 bridgehead atoms. The van der Waals surface area contributed by atoms with E-state index >= 15 is 0 Å². The van der Waals surface area contributed by atoms with Crippen molar-refractivity contribution in [2.75, 3.05) is 12.4 Å². The number of hydrogen-bond donors (Lipinski definition) is 2. The monoisotopic (exact) mass is 487 g/mol. The average Bonchev–Trinajstić information content (AvgIpc) is 3.14. The van der Waals surface area contributed by atoms with Gasteiger partial charge in [0.2, 0.25) is 15.9 Å². The molecule has 3 rings (SSSR count). The van der Waals surface area contributed by atoms with E-state index in [9.17, 15) is 13.2 Å². The third-order valence-electron chi connectivity index (χ3n) is 4.83. The van der Waals surface area contributed by atoms with Crippen LogP contribution in [0, 0.1) is 0 Å². The molecule has 3 aromatic rings. The molecule has 0 aliphatic carbocycles. The van der Waals surface area contributed by atoms with Crippen LogP contribution in [0.15, 0.2) is 58.5 Å². The van der Waals surface area contributed by atoms with E-state index in [4.69, 9.17) is 16.7 Å². The van der Waals surface area contributed by atoms with Gasteiger partial charge in [-0.05, 0) is 29.8 Å². The molecular weight excluding hydrogens is 462 g/mol. The number of nitrogens with two attached hydrogens (primary N) is 1. The largest absolute Gasteiger partial charge is 0.326 e. The number of sulfonamides is 1. The van der Waals surface area contributed by atoms with E-state index in [2.05, 4.69) is 15.4 Å². The van der Waals surface area contributed by atoms with Crippen LogP contribution >= 0.6 is 11.6 Å². The molecule has 0 fully saturated rings. The lowest BCUT2D eigenvalue weighted by Crippen LogP contribution is -2.19. The van der Waals surface area contributed by atoms with Gasteiger partial charge in [0.15, 0.2) is 0 Å². The van der Waals surface area contributed by atoms with Gasteiger partial charge in [-0.25, -0.2) is 18.2 Å². The van der Waals surface area contributed by atoms with Crippen molar-refractivity contribution >= 4 is 39.4 Å². The highest BCUT2D eigenvalue weighted by atomic mass is 35.5. The van der Waals surface area contributed by atoms with Crippen molar-refractivity contribution in [3.05, 3.63) is 70.5 Å². The summed E-state index contributed by atoms with van der Waals surface area (Å²) in [5.41, 5.74) is 2.45. The van der Waals surface area contributed by atoms with Crippen LogP contribution in [0.25, 0.3) is 5.69 Å². The molecule has 0 saturated heterocycles. The molecule has 0 spiro atoms. The Morgan fingerprint density at radius 1 is 1.24 bits per heavy atom. The van der Waals surface area contributed by atoms with Crippen LogP contribution in [-0.2, 0) is 26.7 Å². The highest BCUT2D eigenvalue weighted by Crippen LogP contribution is 2.28. The van der Waals surface area contributed by atoms with Crippen molar-refractivity contribution in [2.24, 2.45) is 10.1 Å². The third-order valence-corrected chi connectivity index (χ3v) is 6.14. The fraction of sp³-hybridized carbons (Fsp3) is 0.261. The molecule has 1 amide bonds. The van der Waals surface area contributed by atoms with Crippen molar-refractivity contribution in [3.63, 3.8) is 0 Å². The maximum absolute atomic E-state index is 12.5. The van der Waals surface area contributed by atoms with E-state index in [-0.39, 0.29) is 28.3 Å². The third kappa shape index (κ3) is 5.87. The normalized spacial score (nSPS) is 12.3. The van der Waals surface area contributed by atoms with Gasteiger partial charge in [-0.1, -0.05) is 50.6 Å². The zero-order valence-electron chi connectivity index (χ0n) is 18.8. The van der Waals surface area contributed by atoms with Gasteiger partial charge < -0.3 is 5.32 Å². The van der Waals surface area contributed by atoms with Crippen LogP contribution in [0.2, 0.25) is 5.02 Å². The Labute approximate surface area is 198 Å². The van der Waals surface area contributed by atoms with Gasteiger partial charge in [0.05, 0.1) is 17.8 Å². The van der Waals surface area contributed by atoms with E-state index in [0.29, 0.717) is 16.3 Å². The number of carbonyl (C=O) groups is 1. The number of nitrogens with one attached hydrogen (secondary N) is 1. The SMILES string of the molecule is CN=Cc1cn(-c2ccc(NC(=O)Cc3ccccc3Cl)cc2S(N)(=O)=O)nc1C(C)(C)C. The van der Waals surface area contributed by atoms with Crippen molar-refractivity contribution in [3.8, 4) is 5.69 Å². The number of primary sulfonamides is 1. The number of benzene rings is 2. The first-order valence-corrected chi connectivity index (χ1v) is 12.1. The number of aromatic nitrogens is 2. The van der Waals surface area contributed by atoms with Gasteiger partial charge in [0, 0.05) is 41.1 Å². The van der Waals surface area contributed by atoms with Gasteiger partial charge in [-0.3, -0.25) is 9.79 Å². The van der Waals surface area contributed by atoms with Crippen LogP contribution in [0.1, 0.15) is 37.6 Å². The van der Waals surface area contributed by atoms with Crippen LogP contribution in [0.5, 0.6) is 0 Å². The second-order valence-electron chi connectivity index (χ2n) is 8.56. The van der Waals surface area contributed by atoms with E-state index in [1.165, 1.54) is 10.7 Å². The number of nitrogens with zero attached hydrogens (tertiary/aromatic N) is 3. The van der Waals surface area contributed by atoms with E-state index < -0.39 is 10.0 Å². The second-order valence-corrected chi connectivity index (χ2v) is 10.5.